The maximum Gasteiger partial charge on any atom is 0.227 e. The van der Waals surface area contributed by atoms with E-state index in [9.17, 15) is 9.90 Å². The Morgan fingerprint density at radius 3 is 2.83 bits per heavy atom. The van der Waals surface area contributed by atoms with Crippen LogP contribution in [0, 0.1) is 0 Å². The van der Waals surface area contributed by atoms with Crippen molar-refractivity contribution in [3.05, 3.63) is 33.8 Å². The van der Waals surface area contributed by atoms with Crippen LogP contribution in [-0.2, 0) is 11.2 Å². The number of carbonyl (C=O) groups excluding carboxylic acids is 1. The van der Waals surface area contributed by atoms with Gasteiger partial charge in [-0.2, -0.15) is 0 Å². The molecule has 1 heterocycles. The Labute approximate surface area is 116 Å². The zero-order chi connectivity index (χ0) is 13.1. The van der Waals surface area contributed by atoms with E-state index in [4.69, 9.17) is 23.2 Å². The third-order valence-corrected chi connectivity index (χ3v) is 3.99. The lowest BCUT2D eigenvalue weighted by Gasteiger charge is -2.23. The summed E-state index contributed by atoms with van der Waals surface area (Å²) in [6.45, 7) is 0.762. The van der Waals surface area contributed by atoms with Crippen molar-refractivity contribution in [2.45, 2.75) is 25.3 Å². The molecular weight excluding hydrogens is 273 g/mol. The van der Waals surface area contributed by atoms with E-state index in [1.807, 2.05) is 0 Å². The van der Waals surface area contributed by atoms with E-state index in [1.54, 1.807) is 23.1 Å². The van der Waals surface area contributed by atoms with E-state index in [-0.39, 0.29) is 18.6 Å². The molecule has 1 N–H and O–H groups in total. The highest BCUT2D eigenvalue weighted by atomic mass is 35.5. The van der Waals surface area contributed by atoms with Crippen LogP contribution in [0.2, 0.25) is 10.0 Å². The molecule has 2 rings (SSSR count). The standard InChI is InChI=1S/C13H15Cl2NO2/c14-11-4-3-9(6-12(11)15)7-13(18)16-5-1-2-10(16)8-17/h3-4,6,10,17H,1-2,5,7-8H2/t10-/m0/s1. The lowest BCUT2D eigenvalue weighted by Crippen LogP contribution is -2.38. The van der Waals surface area contributed by atoms with Crippen LogP contribution in [0.15, 0.2) is 18.2 Å². The van der Waals surface area contributed by atoms with Gasteiger partial charge < -0.3 is 10.0 Å². The number of rotatable bonds is 3. The summed E-state index contributed by atoms with van der Waals surface area (Å²) >= 11 is 11.7. The summed E-state index contributed by atoms with van der Waals surface area (Å²) in [7, 11) is 0. The predicted molar refractivity (Wildman–Crippen MR) is 72.0 cm³/mol. The number of aliphatic hydroxyl groups is 1. The average molecular weight is 288 g/mol. The highest BCUT2D eigenvalue weighted by Gasteiger charge is 2.27. The first-order chi connectivity index (χ1) is 8.61. The Hall–Kier alpha value is -0.770. The van der Waals surface area contributed by atoms with Crippen molar-refractivity contribution >= 4 is 29.1 Å². The monoisotopic (exact) mass is 287 g/mol. The molecule has 18 heavy (non-hydrogen) atoms. The summed E-state index contributed by atoms with van der Waals surface area (Å²) in [5, 5.41) is 10.1. The van der Waals surface area contributed by atoms with Gasteiger partial charge in [0.15, 0.2) is 0 Å². The Morgan fingerprint density at radius 1 is 1.39 bits per heavy atom. The van der Waals surface area contributed by atoms with E-state index < -0.39 is 0 Å². The van der Waals surface area contributed by atoms with Gasteiger partial charge in [0.2, 0.25) is 5.91 Å². The third-order valence-electron chi connectivity index (χ3n) is 3.25. The number of halogens is 2. The van der Waals surface area contributed by atoms with Crippen LogP contribution in [0.25, 0.3) is 0 Å². The van der Waals surface area contributed by atoms with Crippen molar-refractivity contribution in [3.8, 4) is 0 Å². The summed E-state index contributed by atoms with van der Waals surface area (Å²) in [4.78, 5) is 13.9. The minimum absolute atomic E-state index is 0.0275. The Kier molecular flexibility index (Phi) is 4.49. The van der Waals surface area contributed by atoms with Crippen LogP contribution in [0.5, 0.6) is 0 Å². The second-order valence-corrected chi connectivity index (χ2v) is 5.31. The Bertz CT molecular complexity index is 451. The maximum atomic E-state index is 12.1. The number of hydrogen-bond acceptors (Lipinski definition) is 2. The molecule has 0 aliphatic carbocycles. The van der Waals surface area contributed by atoms with Crippen LogP contribution < -0.4 is 0 Å². The van der Waals surface area contributed by atoms with E-state index in [0.717, 1.165) is 24.9 Å². The van der Waals surface area contributed by atoms with Gasteiger partial charge in [0.1, 0.15) is 0 Å². The van der Waals surface area contributed by atoms with Gasteiger partial charge in [0, 0.05) is 6.54 Å². The maximum absolute atomic E-state index is 12.1. The van der Waals surface area contributed by atoms with E-state index in [1.165, 1.54) is 0 Å². The van der Waals surface area contributed by atoms with Crippen LogP contribution in [0.1, 0.15) is 18.4 Å². The third kappa shape index (κ3) is 2.97. The molecule has 0 bridgehead atoms. The van der Waals surface area contributed by atoms with Crippen molar-refractivity contribution in [1.82, 2.24) is 4.90 Å². The lowest BCUT2D eigenvalue weighted by atomic mass is 10.1. The SMILES string of the molecule is O=C(Cc1ccc(Cl)c(Cl)c1)N1CCC[C@H]1CO. The van der Waals surface area contributed by atoms with Crippen molar-refractivity contribution in [2.75, 3.05) is 13.2 Å². The fourth-order valence-electron chi connectivity index (χ4n) is 2.28. The van der Waals surface area contributed by atoms with Crippen molar-refractivity contribution in [1.29, 1.82) is 0 Å². The summed E-state index contributed by atoms with van der Waals surface area (Å²) in [6.07, 6.45) is 2.13. The van der Waals surface area contributed by atoms with Gasteiger partial charge in [-0.15, -0.1) is 0 Å². The first-order valence-electron chi connectivity index (χ1n) is 5.96. The van der Waals surface area contributed by atoms with E-state index in [0.29, 0.717) is 16.5 Å². The topological polar surface area (TPSA) is 40.5 Å². The molecule has 3 nitrogen and oxygen atoms in total. The number of hydrogen-bond donors (Lipinski definition) is 1. The normalized spacial score (nSPS) is 19.3. The van der Waals surface area contributed by atoms with Gasteiger partial charge in [-0.05, 0) is 30.5 Å². The fraction of sp³-hybridized carbons (Fsp3) is 0.462. The van der Waals surface area contributed by atoms with Gasteiger partial charge in [0.25, 0.3) is 0 Å². The van der Waals surface area contributed by atoms with Crippen LogP contribution >= 0.6 is 23.2 Å². The summed E-state index contributed by atoms with van der Waals surface area (Å²) in [6, 6.07) is 5.18. The summed E-state index contributed by atoms with van der Waals surface area (Å²) < 4.78 is 0. The van der Waals surface area contributed by atoms with Crippen LogP contribution in [0.4, 0.5) is 0 Å². The Morgan fingerprint density at radius 2 is 2.17 bits per heavy atom. The quantitative estimate of drug-likeness (QED) is 0.928. The predicted octanol–water partition coefficient (Wildman–Crippen LogP) is 2.52. The van der Waals surface area contributed by atoms with Gasteiger partial charge in [-0.3, -0.25) is 4.79 Å². The lowest BCUT2D eigenvalue weighted by molar-refractivity contribution is -0.131. The molecule has 1 aliphatic rings. The van der Waals surface area contributed by atoms with Crippen molar-refractivity contribution in [2.24, 2.45) is 0 Å². The molecule has 5 heteroatoms. The number of nitrogens with zero attached hydrogens (tertiary/aromatic N) is 1. The smallest absolute Gasteiger partial charge is 0.227 e. The number of carbonyl (C=O) groups is 1. The fourth-order valence-corrected chi connectivity index (χ4v) is 2.60. The molecule has 0 unspecified atom stereocenters. The molecule has 0 saturated carbocycles. The number of benzene rings is 1. The number of aliphatic hydroxyl groups excluding tert-OH is 1. The molecule has 98 valence electrons. The van der Waals surface area contributed by atoms with Crippen LogP contribution in [-0.4, -0.2) is 35.1 Å². The van der Waals surface area contributed by atoms with Crippen molar-refractivity contribution in [3.63, 3.8) is 0 Å². The molecule has 1 saturated heterocycles. The first-order valence-corrected chi connectivity index (χ1v) is 6.71. The van der Waals surface area contributed by atoms with E-state index >= 15 is 0 Å². The molecular formula is C13H15Cl2NO2. The molecule has 0 spiro atoms. The minimum Gasteiger partial charge on any atom is -0.394 e. The Balaban J connectivity index is 2.04. The van der Waals surface area contributed by atoms with Gasteiger partial charge in [0.05, 0.1) is 29.1 Å². The zero-order valence-electron chi connectivity index (χ0n) is 9.90. The highest BCUT2D eigenvalue weighted by molar-refractivity contribution is 6.42. The molecule has 1 aromatic carbocycles. The second kappa shape index (κ2) is 5.91. The minimum atomic E-state index is -0.0275. The zero-order valence-corrected chi connectivity index (χ0v) is 11.4. The molecule has 1 aromatic rings. The number of amides is 1. The molecule has 1 aliphatic heterocycles. The van der Waals surface area contributed by atoms with Gasteiger partial charge in [-0.25, -0.2) is 0 Å². The average Bonchev–Trinajstić information content (AvgIpc) is 2.82. The number of likely N-dealkylation sites (tertiary alicyclic amines) is 1. The molecule has 1 atom stereocenters. The molecule has 0 radical (unpaired) electrons. The molecule has 1 amide bonds. The van der Waals surface area contributed by atoms with Crippen molar-refractivity contribution < 1.29 is 9.90 Å². The highest BCUT2D eigenvalue weighted by Crippen LogP contribution is 2.24. The second-order valence-electron chi connectivity index (χ2n) is 4.49. The molecule has 0 aromatic heterocycles. The summed E-state index contributed by atoms with van der Waals surface area (Å²) in [5.41, 5.74) is 0.845. The first kappa shape index (κ1) is 13.7. The van der Waals surface area contributed by atoms with Crippen LogP contribution in [0.3, 0.4) is 0 Å². The summed E-state index contributed by atoms with van der Waals surface area (Å²) in [5.74, 6) is 0.0324. The largest absolute Gasteiger partial charge is 0.394 e. The van der Waals surface area contributed by atoms with Gasteiger partial charge >= 0.3 is 0 Å². The molecule has 1 fully saturated rings. The van der Waals surface area contributed by atoms with Gasteiger partial charge in [-0.1, -0.05) is 29.3 Å². The van der Waals surface area contributed by atoms with E-state index in [2.05, 4.69) is 0 Å².